The Balaban J connectivity index is 1.42. The second kappa shape index (κ2) is 9.75. The maximum Gasteiger partial charge on any atom is 0.314 e. The minimum Gasteiger partial charge on any atom is -0.381 e. The third-order valence-corrected chi connectivity index (χ3v) is 5.04. The zero-order valence-electron chi connectivity index (χ0n) is 14.8. The smallest absolute Gasteiger partial charge is 0.314 e. The first kappa shape index (κ1) is 18.2. The van der Waals surface area contributed by atoms with Crippen LogP contribution in [0.1, 0.15) is 12.0 Å². The largest absolute Gasteiger partial charge is 0.381 e. The lowest BCUT2D eigenvalue weighted by Crippen LogP contribution is -2.53. The van der Waals surface area contributed by atoms with Crippen molar-refractivity contribution in [3.05, 3.63) is 35.9 Å². The zero-order chi connectivity index (χ0) is 17.3. The molecule has 2 saturated heterocycles. The van der Waals surface area contributed by atoms with Crippen LogP contribution in [0.15, 0.2) is 30.3 Å². The molecular weight excluding hydrogens is 318 g/mol. The van der Waals surface area contributed by atoms with Gasteiger partial charge in [0.1, 0.15) is 0 Å². The van der Waals surface area contributed by atoms with Gasteiger partial charge in [0.05, 0.1) is 19.8 Å². The van der Waals surface area contributed by atoms with Crippen LogP contribution >= 0.6 is 0 Å². The topological polar surface area (TPSA) is 62.8 Å². The Morgan fingerprint density at radius 2 is 1.92 bits per heavy atom. The Morgan fingerprint density at radius 1 is 1.12 bits per heavy atom. The molecule has 2 fully saturated rings. The van der Waals surface area contributed by atoms with Gasteiger partial charge in [-0.1, -0.05) is 30.3 Å². The monoisotopic (exact) mass is 347 g/mol. The maximum atomic E-state index is 12.1. The minimum absolute atomic E-state index is 0.0897. The number of carbonyl (C=O) groups is 1. The van der Waals surface area contributed by atoms with E-state index in [0.29, 0.717) is 25.0 Å². The van der Waals surface area contributed by atoms with Crippen LogP contribution in [0.5, 0.6) is 0 Å². The summed E-state index contributed by atoms with van der Waals surface area (Å²) < 4.78 is 11.0. The van der Waals surface area contributed by atoms with E-state index in [1.807, 2.05) is 18.2 Å². The van der Waals surface area contributed by atoms with Gasteiger partial charge in [-0.05, 0) is 18.4 Å². The van der Waals surface area contributed by atoms with E-state index in [4.69, 9.17) is 9.47 Å². The number of ether oxygens (including phenoxy) is 2. The van der Waals surface area contributed by atoms with Gasteiger partial charge >= 0.3 is 6.03 Å². The Morgan fingerprint density at radius 3 is 2.64 bits per heavy atom. The molecule has 2 N–H and O–H groups in total. The van der Waals surface area contributed by atoms with Crippen LogP contribution < -0.4 is 10.6 Å². The number of urea groups is 1. The normalized spacial score (nSPS) is 22.5. The standard InChI is InChI=1S/C19H29N3O3/c23-19(20-8-6-16-4-2-1-3-5-16)21-14-18(17-7-11-25-15-17)22-9-12-24-13-10-22/h1-5,17-18H,6-15H2,(H2,20,21,23). The van der Waals surface area contributed by atoms with Gasteiger partial charge in [-0.2, -0.15) is 0 Å². The van der Waals surface area contributed by atoms with Crippen LogP contribution in [0.25, 0.3) is 0 Å². The lowest BCUT2D eigenvalue weighted by molar-refractivity contribution is 0.00213. The summed E-state index contributed by atoms with van der Waals surface area (Å²) in [6.45, 7) is 6.32. The number of nitrogens with one attached hydrogen (secondary N) is 2. The Hall–Kier alpha value is -1.63. The fourth-order valence-corrected chi connectivity index (χ4v) is 3.58. The fourth-order valence-electron chi connectivity index (χ4n) is 3.58. The number of carbonyl (C=O) groups excluding carboxylic acids is 1. The number of amides is 2. The summed E-state index contributed by atoms with van der Waals surface area (Å²) in [5.41, 5.74) is 1.23. The third-order valence-electron chi connectivity index (χ3n) is 5.04. The van der Waals surface area contributed by atoms with Crippen LogP contribution in [-0.4, -0.2) is 69.6 Å². The van der Waals surface area contributed by atoms with Crippen molar-refractivity contribution in [1.82, 2.24) is 15.5 Å². The molecule has 0 aromatic heterocycles. The summed E-state index contributed by atoms with van der Waals surface area (Å²) in [4.78, 5) is 14.6. The molecule has 6 heteroatoms. The molecule has 2 aliphatic rings. The number of morpholine rings is 1. The van der Waals surface area contributed by atoms with Crippen molar-refractivity contribution in [1.29, 1.82) is 0 Å². The molecule has 2 amide bonds. The van der Waals surface area contributed by atoms with Crippen molar-refractivity contribution in [3.63, 3.8) is 0 Å². The summed E-state index contributed by atoms with van der Waals surface area (Å²) in [6.07, 6.45) is 1.91. The number of rotatable bonds is 7. The molecule has 1 aromatic rings. The first-order valence-corrected chi connectivity index (χ1v) is 9.28. The Kier molecular flexibility index (Phi) is 7.09. The number of hydrogen-bond donors (Lipinski definition) is 2. The quantitative estimate of drug-likeness (QED) is 0.780. The van der Waals surface area contributed by atoms with Crippen LogP contribution in [-0.2, 0) is 15.9 Å². The van der Waals surface area contributed by atoms with Crippen molar-refractivity contribution in [2.24, 2.45) is 5.92 Å². The van der Waals surface area contributed by atoms with Crippen LogP contribution in [0.2, 0.25) is 0 Å². The third kappa shape index (κ3) is 5.70. The average Bonchev–Trinajstić information content (AvgIpc) is 3.18. The molecule has 2 atom stereocenters. The lowest BCUT2D eigenvalue weighted by atomic mass is 9.97. The van der Waals surface area contributed by atoms with Crippen molar-refractivity contribution < 1.29 is 14.3 Å². The molecular formula is C19H29N3O3. The van der Waals surface area contributed by atoms with Gasteiger partial charge in [0.25, 0.3) is 0 Å². The van der Waals surface area contributed by atoms with Gasteiger partial charge in [-0.25, -0.2) is 4.79 Å². The molecule has 0 bridgehead atoms. The van der Waals surface area contributed by atoms with Gasteiger partial charge in [-0.3, -0.25) is 4.90 Å². The lowest BCUT2D eigenvalue weighted by Gasteiger charge is -2.37. The van der Waals surface area contributed by atoms with E-state index in [0.717, 1.165) is 52.4 Å². The van der Waals surface area contributed by atoms with Gasteiger partial charge in [0.2, 0.25) is 0 Å². The summed E-state index contributed by atoms with van der Waals surface area (Å²) in [7, 11) is 0. The second-order valence-electron chi connectivity index (χ2n) is 6.71. The SMILES string of the molecule is O=C(NCCc1ccccc1)NCC(C1CCOC1)N1CCOCC1. The summed E-state index contributed by atoms with van der Waals surface area (Å²) in [6, 6.07) is 10.4. The van der Waals surface area contributed by atoms with E-state index < -0.39 is 0 Å². The zero-order valence-corrected chi connectivity index (χ0v) is 14.8. The average molecular weight is 347 g/mol. The van der Waals surface area contributed by atoms with E-state index in [-0.39, 0.29) is 6.03 Å². The Bertz CT molecular complexity index is 514. The number of benzene rings is 1. The van der Waals surface area contributed by atoms with E-state index in [1.165, 1.54) is 5.56 Å². The van der Waals surface area contributed by atoms with Crippen LogP contribution in [0, 0.1) is 5.92 Å². The second-order valence-corrected chi connectivity index (χ2v) is 6.71. The van der Waals surface area contributed by atoms with Crippen molar-refractivity contribution in [2.45, 2.75) is 18.9 Å². The predicted molar refractivity (Wildman–Crippen MR) is 96.7 cm³/mol. The molecule has 0 saturated carbocycles. The highest BCUT2D eigenvalue weighted by molar-refractivity contribution is 5.73. The number of hydrogen-bond acceptors (Lipinski definition) is 4. The molecule has 2 unspecified atom stereocenters. The van der Waals surface area contributed by atoms with E-state index >= 15 is 0 Å². The molecule has 0 radical (unpaired) electrons. The van der Waals surface area contributed by atoms with Crippen molar-refractivity contribution in [2.75, 3.05) is 52.6 Å². The van der Waals surface area contributed by atoms with Gasteiger partial charge in [0.15, 0.2) is 0 Å². The molecule has 2 heterocycles. The fraction of sp³-hybridized carbons (Fsp3) is 0.632. The molecule has 0 spiro atoms. The summed E-state index contributed by atoms with van der Waals surface area (Å²) >= 11 is 0. The van der Waals surface area contributed by atoms with Crippen LogP contribution in [0.3, 0.4) is 0 Å². The van der Waals surface area contributed by atoms with Crippen LogP contribution in [0.4, 0.5) is 4.79 Å². The highest BCUT2D eigenvalue weighted by Crippen LogP contribution is 2.21. The first-order valence-electron chi connectivity index (χ1n) is 9.28. The van der Waals surface area contributed by atoms with Gasteiger partial charge in [-0.15, -0.1) is 0 Å². The minimum atomic E-state index is -0.0897. The molecule has 1 aromatic carbocycles. The molecule has 25 heavy (non-hydrogen) atoms. The summed E-state index contributed by atoms with van der Waals surface area (Å²) in [5, 5.41) is 6.01. The van der Waals surface area contributed by atoms with E-state index in [2.05, 4.69) is 27.7 Å². The van der Waals surface area contributed by atoms with Gasteiger partial charge < -0.3 is 20.1 Å². The number of nitrogens with zero attached hydrogens (tertiary/aromatic N) is 1. The Labute approximate surface area is 149 Å². The van der Waals surface area contributed by atoms with Gasteiger partial charge in [0, 0.05) is 44.7 Å². The molecule has 3 rings (SSSR count). The van der Waals surface area contributed by atoms with E-state index in [1.54, 1.807) is 0 Å². The molecule has 6 nitrogen and oxygen atoms in total. The highest BCUT2D eigenvalue weighted by atomic mass is 16.5. The predicted octanol–water partition coefficient (Wildman–Crippen LogP) is 1.27. The van der Waals surface area contributed by atoms with E-state index in [9.17, 15) is 4.79 Å². The molecule has 0 aliphatic carbocycles. The van der Waals surface area contributed by atoms with Crippen molar-refractivity contribution >= 4 is 6.03 Å². The molecule has 2 aliphatic heterocycles. The molecule has 138 valence electrons. The first-order chi connectivity index (χ1) is 12.3. The highest BCUT2D eigenvalue weighted by Gasteiger charge is 2.31. The van der Waals surface area contributed by atoms with Crippen molar-refractivity contribution in [3.8, 4) is 0 Å². The maximum absolute atomic E-state index is 12.1. The summed E-state index contributed by atoms with van der Waals surface area (Å²) in [5.74, 6) is 0.489.